The average molecular weight is 307 g/mol. The van der Waals surface area contributed by atoms with E-state index in [2.05, 4.69) is 5.32 Å². The maximum absolute atomic E-state index is 12.4. The van der Waals surface area contributed by atoms with Gasteiger partial charge in [0.25, 0.3) is 0 Å². The van der Waals surface area contributed by atoms with E-state index in [1.54, 1.807) is 33.5 Å². The Balaban J connectivity index is 2.16. The van der Waals surface area contributed by atoms with Gasteiger partial charge in [-0.25, -0.2) is 0 Å². The Morgan fingerprint density at radius 3 is 2.09 bits per heavy atom. The number of amides is 1. The van der Waals surface area contributed by atoms with Crippen LogP contribution in [0.2, 0.25) is 0 Å². The number of methoxy groups -OCH3 is 3. The lowest BCUT2D eigenvalue weighted by Crippen LogP contribution is -2.36. The van der Waals surface area contributed by atoms with Crippen LogP contribution in [0.3, 0.4) is 0 Å². The van der Waals surface area contributed by atoms with Gasteiger partial charge in [0.15, 0.2) is 0 Å². The van der Waals surface area contributed by atoms with E-state index in [1.807, 2.05) is 6.92 Å². The van der Waals surface area contributed by atoms with Gasteiger partial charge in [-0.3, -0.25) is 4.79 Å². The summed E-state index contributed by atoms with van der Waals surface area (Å²) in [4.78, 5) is 12.4. The summed E-state index contributed by atoms with van der Waals surface area (Å²) >= 11 is 0. The molecule has 0 saturated heterocycles. The number of benzene rings is 1. The first-order valence-electron chi connectivity index (χ1n) is 7.61. The highest BCUT2D eigenvalue weighted by atomic mass is 16.5. The van der Waals surface area contributed by atoms with Crippen molar-refractivity contribution in [2.45, 2.75) is 39.2 Å². The molecule has 2 rings (SSSR count). The number of carbonyl (C=O) groups is 1. The van der Waals surface area contributed by atoms with Crippen molar-refractivity contribution >= 4 is 5.91 Å². The van der Waals surface area contributed by atoms with Gasteiger partial charge in [0.2, 0.25) is 5.91 Å². The molecule has 0 aromatic heterocycles. The van der Waals surface area contributed by atoms with Gasteiger partial charge in [-0.15, -0.1) is 0 Å². The van der Waals surface area contributed by atoms with Crippen LogP contribution in [0.25, 0.3) is 0 Å². The van der Waals surface area contributed by atoms with Gasteiger partial charge < -0.3 is 19.5 Å². The summed E-state index contributed by atoms with van der Waals surface area (Å²) in [5.74, 6) is 2.05. The summed E-state index contributed by atoms with van der Waals surface area (Å²) in [6, 6.07) is 3.59. The highest BCUT2D eigenvalue weighted by Crippen LogP contribution is 2.38. The van der Waals surface area contributed by atoms with Gasteiger partial charge in [0.1, 0.15) is 17.2 Å². The van der Waals surface area contributed by atoms with Crippen molar-refractivity contribution in [2.24, 2.45) is 5.41 Å². The van der Waals surface area contributed by atoms with Crippen molar-refractivity contribution < 1.29 is 19.0 Å². The van der Waals surface area contributed by atoms with Gasteiger partial charge >= 0.3 is 0 Å². The topological polar surface area (TPSA) is 56.8 Å². The van der Waals surface area contributed by atoms with Crippen molar-refractivity contribution in [1.82, 2.24) is 5.32 Å². The Morgan fingerprint density at radius 1 is 1.09 bits per heavy atom. The monoisotopic (exact) mass is 307 g/mol. The molecule has 1 aliphatic rings. The second-order valence-electron chi connectivity index (χ2n) is 5.96. The largest absolute Gasteiger partial charge is 0.496 e. The Hall–Kier alpha value is -1.91. The van der Waals surface area contributed by atoms with Gasteiger partial charge in [0.05, 0.1) is 33.4 Å². The predicted octanol–water partition coefficient (Wildman–Crippen LogP) is 2.91. The molecule has 0 aliphatic heterocycles. The van der Waals surface area contributed by atoms with E-state index in [1.165, 1.54) is 0 Å². The molecule has 0 bridgehead atoms. The fourth-order valence-electron chi connectivity index (χ4n) is 3.02. The lowest BCUT2D eigenvalue weighted by atomic mass is 9.88. The van der Waals surface area contributed by atoms with Crippen molar-refractivity contribution in [2.75, 3.05) is 21.3 Å². The van der Waals surface area contributed by atoms with E-state index < -0.39 is 0 Å². The molecule has 1 N–H and O–H groups in total. The van der Waals surface area contributed by atoms with E-state index in [4.69, 9.17) is 14.2 Å². The number of hydrogen-bond donors (Lipinski definition) is 1. The quantitative estimate of drug-likeness (QED) is 0.878. The van der Waals surface area contributed by atoms with Crippen LogP contribution < -0.4 is 19.5 Å². The minimum absolute atomic E-state index is 0.102. The summed E-state index contributed by atoms with van der Waals surface area (Å²) in [6.07, 6.45) is 4.16. The fraction of sp³-hybridized carbons (Fsp3) is 0.588. The third-order valence-electron chi connectivity index (χ3n) is 4.50. The smallest absolute Gasteiger partial charge is 0.226 e. The van der Waals surface area contributed by atoms with E-state index in [0.29, 0.717) is 23.8 Å². The molecule has 1 fully saturated rings. The number of carbonyl (C=O) groups excluding carboxylic acids is 1. The molecule has 1 aliphatic carbocycles. The van der Waals surface area contributed by atoms with E-state index in [0.717, 1.165) is 31.2 Å². The second-order valence-corrected chi connectivity index (χ2v) is 5.96. The number of ether oxygens (including phenoxy) is 3. The fourth-order valence-corrected chi connectivity index (χ4v) is 3.02. The predicted molar refractivity (Wildman–Crippen MR) is 84.5 cm³/mol. The maximum Gasteiger partial charge on any atom is 0.226 e. The van der Waals surface area contributed by atoms with E-state index in [-0.39, 0.29) is 11.3 Å². The molecule has 5 nitrogen and oxygen atoms in total. The summed E-state index contributed by atoms with van der Waals surface area (Å²) in [7, 11) is 4.78. The summed E-state index contributed by atoms with van der Waals surface area (Å²) < 4.78 is 16.0. The van der Waals surface area contributed by atoms with Crippen molar-refractivity contribution in [3.05, 3.63) is 17.7 Å². The second kappa shape index (κ2) is 6.90. The van der Waals surface area contributed by atoms with Crippen LogP contribution in [0, 0.1) is 5.41 Å². The molecule has 0 heterocycles. The third kappa shape index (κ3) is 3.29. The van der Waals surface area contributed by atoms with Crippen molar-refractivity contribution in [1.29, 1.82) is 0 Å². The number of hydrogen-bond acceptors (Lipinski definition) is 4. The molecule has 122 valence electrons. The lowest BCUT2D eigenvalue weighted by molar-refractivity contribution is -0.130. The molecule has 1 amide bonds. The van der Waals surface area contributed by atoms with Crippen LogP contribution in [-0.4, -0.2) is 27.2 Å². The normalized spacial score (nSPS) is 16.2. The molecular formula is C17H25NO4. The van der Waals surface area contributed by atoms with Gasteiger partial charge in [-0.05, 0) is 12.8 Å². The van der Waals surface area contributed by atoms with Crippen molar-refractivity contribution in [3.63, 3.8) is 0 Å². The molecule has 0 unspecified atom stereocenters. The number of nitrogens with one attached hydrogen (secondary N) is 1. The first kappa shape index (κ1) is 16.5. The van der Waals surface area contributed by atoms with Crippen LogP contribution in [0.4, 0.5) is 0 Å². The minimum Gasteiger partial charge on any atom is -0.496 e. The summed E-state index contributed by atoms with van der Waals surface area (Å²) in [6.45, 7) is 2.42. The Kier molecular flexibility index (Phi) is 5.16. The van der Waals surface area contributed by atoms with Gasteiger partial charge in [0, 0.05) is 17.5 Å². The minimum atomic E-state index is -0.243. The zero-order valence-corrected chi connectivity index (χ0v) is 13.8. The molecule has 1 aromatic rings. The molecule has 0 spiro atoms. The SMILES string of the molecule is COc1cc(OC)c(CNC(=O)C2(C)CCCC2)c(OC)c1. The van der Waals surface area contributed by atoms with E-state index in [9.17, 15) is 4.79 Å². The molecular weight excluding hydrogens is 282 g/mol. The molecule has 0 atom stereocenters. The molecule has 1 aromatic carbocycles. The Bertz CT molecular complexity index is 510. The van der Waals surface area contributed by atoms with Gasteiger partial charge in [-0.1, -0.05) is 19.8 Å². The van der Waals surface area contributed by atoms with Crippen LogP contribution in [0.15, 0.2) is 12.1 Å². The van der Waals surface area contributed by atoms with Crippen LogP contribution in [0.1, 0.15) is 38.2 Å². The molecule has 1 saturated carbocycles. The lowest BCUT2D eigenvalue weighted by Gasteiger charge is -2.23. The molecule has 5 heteroatoms. The maximum atomic E-state index is 12.4. The molecule has 0 radical (unpaired) electrons. The first-order chi connectivity index (χ1) is 10.5. The number of rotatable bonds is 6. The zero-order chi connectivity index (χ0) is 16.2. The first-order valence-corrected chi connectivity index (χ1v) is 7.61. The van der Waals surface area contributed by atoms with Gasteiger partial charge in [-0.2, -0.15) is 0 Å². The molecule has 22 heavy (non-hydrogen) atoms. The third-order valence-corrected chi connectivity index (χ3v) is 4.50. The summed E-state index contributed by atoms with van der Waals surface area (Å²) in [5, 5.41) is 3.03. The highest BCUT2D eigenvalue weighted by molar-refractivity contribution is 5.82. The Morgan fingerprint density at radius 2 is 1.64 bits per heavy atom. The van der Waals surface area contributed by atoms with Crippen molar-refractivity contribution in [3.8, 4) is 17.2 Å². The average Bonchev–Trinajstić information content (AvgIpc) is 2.99. The van der Waals surface area contributed by atoms with Crippen LogP contribution in [0.5, 0.6) is 17.2 Å². The summed E-state index contributed by atoms with van der Waals surface area (Å²) in [5.41, 5.74) is 0.577. The standard InChI is InChI=1S/C17H25NO4/c1-17(7-5-6-8-17)16(19)18-11-13-14(21-3)9-12(20-2)10-15(13)22-4/h9-10H,5-8,11H2,1-4H3,(H,18,19). The van der Waals surface area contributed by atoms with Crippen LogP contribution in [-0.2, 0) is 11.3 Å². The van der Waals surface area contributed by atoms with E-state index >= 15 is 0 Å². The van der Waals surface area contributed by atoms with Crippen LogP contribution >= 0.6 is 0 Å². The Labute approximate surface area is 131 Å². The zero-order valence-electron chi connectivity index (χ0n) is 13.8. The highest BCUT2D eigenvalue weighted by Gasteiger charge is 2.36.